The largest absolute Gasteiger partial charge is 0.460 e. The van der Waals surface area contributed by atoms with Crippen LogP contribution in [0.5, 0.6) is 0 Å². The van der Waals surface area contributed by atoms with Crippen molar-refractivity contribution in [2.75, 3.05) is 46.3 Å². The van der Waals surface area contributed by atoms with E-state index in [-0.39, 0.29) is 29.0 Å². The van der Waals surface area contributed by atoms with E-state index in [1.807, 2.05) is 0 Å². The van der Waals surface area contributed by atoms with Crippen molar-refractivity contribution in [3.05, 3.63) is 0 Å². The fraction of sp³-hybridized carbons (Fsp3) is 0.968. The molecule has 0 spiro atoms. The van der Waals surface area contributed by atoms with Gasteiger partial charge in [-0.15, -0.1) is 0 Å². The lowest BCUT2D eigenvalue weighted by Crippen LogP contribution is -2.61. The zero-order valence-electron chi connectivity index (χ0n) is 24.4. The second-order valence-electron chi connectivity index (χ2n) is 14.8. The molecule has 0 aromatic rings. The van der Waals surface area contributed by atoms with Crippen molar-refractivity contribution in [1.82, 2.24) is 14.7 Å². The average molecular weight is 532 g/mol. The summed E-state index contributed by atoms with van der Waals surface area (Å²) in [4.78, 5) is 19.7. The third-order valence-electron chi connectivity index (χ3n) is 13.0. The smallest absolute Gasteiger partial charge is 0.302 e. The molecule has 0 aromatic carbocycles. The topological polar surface area (TPSA) is 76.5 Å². The third kappa shape index (κ3) is 4.47. The first kappa shape index (κ1) is 27.4. The molecule has 6 fully saturated rings. The van der Waals surface area contributed by atoms with E-state index in [2.05, 4.69) is 35.6 Å². The minimum atomic E-state index is -0.694. The highest BCUT2D eigenvalue weighted by Crippen LogP contribution is 2.67. The lowest BCUT2D eigenvalue weighted by molar-refractivity contribution is -0.208. The summed E-state index contributed by atoms with van der Waals surface area (Å²) >= 11 is 0. The van der Waals surface area contributed by atoms with Crippen molar-refractivity contribution in [3.63, 3.8) is 0 Å². The standard InChI is InChI=1S/C31H53N3O4/c1-21(35)38-28-27(33-17-15-32(4)16-18-33)19-26-24-6-5-22-20-31(37,34-13-8-23(36)9-14-34)12-11-29(22,2)25(24)7-10-30(26,28)3/h22-28,36-37H,5-20H2,1-4H3/t22-,24+,25-,26-,27-,28-,29-,30-,31+/m0/s1. The van der Waals surface area contributed by atoms with Gasteiger partial charge in [0, 0.05) is 57.6 Å². The average Bonchev–Trinajstić information content (AvgIpc) is 3.17. The fourth-order valence-corrected chi connectivity index (χ4v) is 10.6. The van der Waals surface area contributed by atoms with Gasteiger partial charge >= 0.3 is 5.97 Å². The van der Waals surface area contributed by atoms with Crippen LogP contribution in [0.1, 0.15) is 85.0 Å². The summed E-state index contributed by atoms with van der Waals surface area (Å²) in [6.07, 6.45) is 10.2. The molecule has 2 saturated heterocycles. The lowest BCUT2D eigenvalue weighted by Gasteiger charge is -2.62. The van der Waals surface area contributed by atoms with Gasteiger partial charge in [-0.25, -0.2) is 0 Å². The molecule has 6 rings (SSSR count). The third-order valence-corrected chi connectivity index (χ3v) is 13.0. The van der Waals surface area contributed by atoms with Crippen LogP contribution in [-0.4, -0.2) is 101 Å². The van der Waals surface area contributed by atoms with Crippen molar-refractivity contribution in [1.29, 1.82) is 0 Å². The molecule has 216 valence electrons. The van der Waals surface area contributed by atoms with Crippen molar-refractivity contribution in [3.8, 4) is 0 Å². The van der Waals surface area contributed by atoms with E-state index in [9.17, 15) is 15.0 Å². The molecular weight excluding hydrogens is 478 g/mol. The Morgan fingerprint density at radius 1 is 0.868 bits per heavy atom. The van der Waals surface area contributed by atoms with Gasteiger partial charge in [0.1, 0.15) is 11.8 Å². The number of ether oxygens (including phenoxy) is 1. The first-order chi connectivity index (χ1) is 18.0. The number of fused-ring (bicyclic) bond motifs is 5. The molecule has 0 bridgehead atoms. The number of rotatable bonds is 3. The van der Waals surface area contributed by atoms with Crippen LogP contribution in [0.4, 0.5) is 0 Å². The highest BCUT2D eigenvalue weighted by molar-refractivity contribution is 5.66. The van der Waals surface area contributed by atoms with Gasteiger partial charge in [-0.1, -0.05) is 13.8 Å². The minimum absolute atomic E-state index is 0.00536. The lowest BCUT2D eigenvalue weighted by atomic mass is 9.44. The Kier molecular flexibility index (Phi) is 7.20. The Hall–Kier alpha value is -0.730. The molecule has 6 aliphatic rings. The summed E-state index contributed by atoms with van der Waals surface area (Å²) in [6.45, 7) is 12.6. The highest BCUT2D eigenvalue weighted by Gasteiger charge is 2.65. The molecule has 4 aliphatic carbocycles. The predicted octanol–water partition coefficient (Wildman–Crippen LogP) is 3.33. The van der Waals surface area contributed by atoms with Crippen LogP contribution in [0.25, 0.3) is 0 Å². The van der Waals surface area contributed by atoms with Crippen molar-refractivity contribution < 1.29 is 19.7 Å². The van der Waals surface area contributed by atoms with Gasteiger partial charge in [-0.2, -0.15) is 0 Å². The molecule has 7 heteroatoms. The maximum Gasteiger partial charge on any atom is 0.302 e. The molecule has 2 aliphatic heterocycles. The zero-order chi connectivity index (χ0) is 26.9. The molecule has 0 amide bonds. The molecule has 0 radical (unpaired) electrons. The Morgan fingerprint density at radius 2 is 1.58 bits per heavy atom. The van der Waals surface area contributed by atoms with Crippen molar-refractivity contribution in [2.45, 2.75) is 109 Å². The molecule has 4 saturated carbocycles. The summed E-state index contributed by atoms with van der Waals surface area (Å²) in [5.41, 5.74) is -0.344. The summed E-state index contributed by atoms with van der Waals surface area (Å²) in [6, 6.07) is 0.345. The number of esters is 1. The number of likely N-dealkylation sites (N-methyl/N-ethyl adjacent to an activating group) is 1. The Balaban J connectivity index is 1.21. The van der Waals surface area contributed by atoms with Gasteiger partial charge in [-0.3, -0.25) is 14.6 Å². The van der Waals surface area contributed by atoms with E-state index >= 15 is 0 Å². The van der Waals surface area contributed by atoms with Gasteiger partial charge in [0.25, 0.3) is 0 Å². The first-order valence-corrected chi connectivity index (χ1v) is 15.8. The van der Waals surface area contributed by atoms with Gasteiger partial charge in [-0.05, 0) is 100 Å². The van der Waals surface area contributed by atoms with Crippen molar-refractivity contribution >= 4 is 5.97 Å². The van der Waals surface area contributed by atoms with E-state index in [1.165, 1.54) is 25.7 Å². The minimum Gasteiger partial charge on any atom is -0.460 e. The summed E-state index contributed by atoms with van der Waals surface area (Å²) in [5, 5.41) is 21.8. The SMILES string of the molecule is CC(=O)O[C@H]1[C@@H](N2CCN(C)CC2)C[C@H]2[C@@H]3CC[C@H]4C[C@@](O)(N5CCC(O)CC5)CC[C@]4(C)[C@H]3CC[C@@]21C. The maximum absolute atomic E-state index is 12.3. The summed E-state index contributed by atoms with van der Waals surface area (Å²) in [5.74, 6) is 2.46. The number of piperidine rings is 1. The highest BCUT2D eigenvalue weighted by atomic mass is 16.5. The maximum atomic E-state index is 12.3. The molecule has 38 heavy (non-hydrogen) atoms. The van der Waals surface area contributed by atoms with Crippen LogP contribution in [0.3, 0.4) is 0 Å². The van der Waals surface area contributed by atoms with E-state index < -0.39 is 5.72 Å². The van der Waals surface area contributed by atoms with E-state index in [4.69, 9.17) is 4.74 Å². The van der Waals surface area contributed by atoms with E-state index in [0.29, 0.717) is 29.7 Å². The van der Waals surface area contributed by atoms with Gasteiger partial charge < -0.3 is 19.8 Å². The number of hydrogen-bond acceptors (Lipinski definition) is 7. The van der Waals surface area contributed by atoms with Gasteiger partial charge in [0.2, 0.25) is 0 Å². The van der Waals surface area contributed by atoms with Crippen LogP contribution < -0.4 is 0 Å². The number of aliphatic hydroxyl groups is 2. The fourth-order valence-electron chi connectivity index (χ4n) is 10.6. The number of hydrogen-bond donors (Lipinski definition) is 2. The van der Waals surface area contributed by atoms with Crippen LogP contribution >= 0.6 is 0 Å². The van der Waals surface area contributed by atoms with Crippen LogP contribution in [0, 0.1) is 34.5 Å². The molecule has 2 N–H and O–H groups in total. The molecule has 0 unspecified atom stereocenters. The molecule has 0 aromatic heterocycles. The molecule has 9 atom stereocenters. The van der Waals surface area contributed by atoms with Crippen LogP contribution in [0.15, 0.2) is 0 Å². The zero-order valence-corrected chi connectivity index (χ0v) is 24.4. The molecular formula is C31H53N3O4. The normalized spacial score (nSPS) is 49.2. The number of nitrogens with zero attached hydrogens (tertiary/aromatic N) is 3. The van der Waals surface area contributed by atoms with E-state index in [0.717, 1.165) is 77.8 Å². The number of piperazine rings is 1. The summed E-state index contributed by atoms with van der Waals surface area (Å²) in [7, 11) is 2.21. The Labute approximate surface area is 230 Å². The monoisotopic (exact) mass is 531 g/mol. The number of carbonyl (C=O) groups is 1. The Bertz CT molecular complexity index is 886. The molecule has 2 heterocycles. The van der Waals surface area contributed by atoms with Gasteiger partial charge in [0.05, 0.1) is 6.10 Å². The van der Waals surface area contributed by atoms with Crippen LogP contribution in [0.2, 0.25) is 0 Å². The van der Waals surface area contributed by atoms with E-state index in [1.54, 1.807) is 6.92 Å². The number of aliphatic hydroxyl groups excluding tert-OH is 1. The van der Waals surface area contributed by atoms with Crippen LogP contribution in [-0.2, 0) is 9.53 Å². The van der Waals surface area contributed by atoms with Crippen molar-refractivity contribution in [2.24, 2.45) is 34.5 Å². The number of carbonyl (C=O) groups excluding carboxylic acids is 1. The molecule has 7 nitrogen and oxygen atoms in total. The predicted molar refractivity (Wildman–Crippen MR) is 147 cm³/mol. The quantitative estimate of drug-likeness (QED) is 0.541. The summed E-state index contributed by atoms with van der Waals surface area (Å²) < 4.78 is 6.24. The van der Waals surface area contributed by atoms with Gasteiger partial charge in [0.15, 0.2) is 0 Å². The Morgan fingerprint density at radius 3 is 2.26 bits per heavy atom. The second kappa shape index (κ2) is 9.97. The second-order valence-corrected chi connectivity index (χ2v) is 14.8. The number of likely N-dealkylation sites (tertiary alicyclic amines) is 1. The first-order valence-electron chi connectivity index (χ1n) is 15.8.